The van der Waals surface area contributed by atoms with E-state index in [0.717, 1.165) is 30.2 Å². The Morgan fingerprint density at radius 1 is 0.815 bits per heavy atom. The number of halogens is 2. The van der Waals surface area contributed by atoms with Crippen molar-refractivity contribution in [3.63, 3.8) is 0 Å². The van der Waals surface area contributed by atoms with Crippen LogP contribution in [-0.2, 0) is 0 Å². The first-order valence-corrected chi connectivity index (χ1v) is 11.3. The lowest BCUT2D eigenvalue weighted by molar-refractivity contribution is 0.288. The fourth-order valence-electron chi connectivity index (χ4n) is 5.08. The van der Waals surface area contributed by atoms with Crippen LogP contribution in [0.2, 0.25) is 0 Å². The van der Waals surface area contributed by atoms with Gasteiger partial charge in [-0.1, -0.05) is 50.8 Å². The van der Waals surface area contributed by atoms with Gasteiger partial charge in [-0.3, -0.25) is 0 Å². The van der Waals surface area contributed by atoms with Crippen LogP contribution in [0.1, 0.15) is 95.5 Å². The van der Waals surface area contributed by atoms with Gasteiger partial charge in [0, 0.05) is 0 Å². The van der Waals surface area contributed by atoms with Gasteiger partial charge in [-0.15, -0.1) is 0 Å². The van der Waals surface area contributed by atoms with Gasteiger partial charge in [-0.2, -0.15) is 0 Å². The van der Waals surface area contributed by atoms with Crippen molar-refractivity contribution in [2.75, 3.05) is 0 Å². The molecule has 0 N–H and O–H groups in total. The summed E-state index contributed by atoms with van der Waals surface area (Å²) in [4.78, 5) is 0. The Labute approximate surface area is 164 Å². The Kier molecular flexibility index (Phi) is 7.91. The highest BCUT2D eigenvalue weighted by molar-refractivity contribution is 5.22. The molecular weight excluding hydrogens is 338 g/mol. The summed E-state index contributed by atoms with van der Waals surface area (Å²) in [5.74, 6) is 1.39. The first kappa shape index (κ1) is 20.6. The van der Waals surface area contributed by atoms with Crippen molar-refractivity contribution in [2.45, 2.75) is 89.9 Å². The first-order chi connectivity index (χ1) is 13.2. The molecule has 0 bridgehead atoms. The molecule has 0 atom stereocenters. The van der Waals surface area contributed by atoms with Crippen molar-refractivity contribution in [3.8, 4) is 0 Å². The quantitative estimate of drug-likeness (QED) is 0.333. The maximum absolute atomic E-state index is 13.5. The number of hydrogen-bond acceptors (Lipinski definition) is 0. The van der Waals surface area contributed by atoms with Gasteiger partial charge in [-0.05, 0) is 92.7 Å². The molecule has 0 saturated heterocycles. The predicted octanol–water partition coefficient (Wildman–Crippen LogP) is 8.18. The monoisotopic (exact) mass is 374 g/mol. The highest BCUT2D eigenvalue weighted by Crippen LogP contribution is 2.38. The van der Waals surface area contributed by atoms with Gasteiger partial charge in [0.1, 0.15) is 0 Å². The van der Waals surface area contributed by atoms with Crippen LogP contribution in [0.15, 0.2) is 30.4 Å². The number of unbranched alkanes of at least 4 members (excludes halogenated alkanes) is 2. The summed E-state index contributed by atoms with van der Waals surface area (Å²) in [5.41, 5.74) is 0.970. The van der Waals surface area contributed by atoms with Gasteiger partial charge >= 0.3 is 0 Å². The summed E-state index contributed by atoms with van der Waals surface area (Å²) in [6.45, 7) is 2.28. The minimum atomic E-state index is -0.740. The Morgan fingerprint density at radius 3 is 2.04 bits per heavy atom. The third-order valence-electron chi connectivity index (χ3n) is 6.95. The lowest BCUT2D eigenvalue weighted by atomic mass is 9.77. The maximum atomic E-state index is 13.5. The van der Waals surface area contributed by atoms with Crippen molar-refractivity contribution in [1.82, 2.24) is 0 Å². The van der Waals surface area contributed by atoms with E-state index >= 15 is 0 Å². The minimum Gasteiger partial charge on any atom is -0.204 e. The number of benzene rings is 1. The average molecular weight is 375 g/mol. The van der Waals surface area contributed by atoms with E-state index < -0.39 is 11.6 Å². The smallest absolute Gasteiger partial charge is 0.159 e. The number of rotatable bonds is 7. The van der Waals surface area contributed by atoms with E-state index in [1.54, 1.807) is 6.07 Å². The molecule has 0 amide bonds. The van der Waals surface area contributed by atoms with Gasteiger partial charge in [0.25, 0.3) is 0 Å². The molecule has 2 aliphatic rings. The Balaban J connectivity index is 1.38. The normalized spacial score (nSPS) is 29.3. The molecule has 3 rings (SSSR count). The van der Waals surface area contributed by atoms with Gasteiger partial charge in [-0.25, -0.2) is 8.78 Å². The summed E-state index contributed by atoms with van der Waals surface area (Å²) in [6.07, 6.45) is 20.7. The standard InChI is InChI=1S/C25H36F2/c1-2-3-4-5-19-6-8-20(9-7-19)10-11-21-12-14-22(15-13-21)23-16-17-24(26)25(27)18-23/h10-11,16-22H,2-9,12-15H2,1H3. The minimum absolute atomic E-state index is 0.392. The molecule has 27 heavy (non-hydrogen) atoms. The second-order valence-electron chi connectivity index (χ2n) is 8.95. The van der Waals surface area contributed by atoms with E-state index in [2.05, 4.69) is 19.1 Å². The Hall–Kier alpha value is -1.18. The Morgan fingerprint density at radius 2 is 1.44 bits per heavy atom. The van der Waals surface area contributed by atoms with Gasteiger partial charge in [0.2, 0.25) is 0 Å². The zero-order valence-corrected chi connectivity index (χ0v) is 16.9. The van der Waals surface area contributed by atoms with E-state index in [0.29, 0.717) is 11.8 Å². The van der Waals surface area contributed by atoms with E-state index in [9.17, 15) is 8.78 Å². The van der Waals surface area contributed by atoms with Crippen LogP contribution in [0.5, 0.6) is 0 Å². The van der Waals surface area contributed by atoms with Crippen molar-refractivity contribution in [3.05, 3.63) is 47.5 Å². The number of hydrogen-bond donors (Lipinski definition) is 0. The van der Waals surface area contributed by atoms with E-state index in [4.69, 9.17) is 0 Å². The molecule has 0 spiro atoms. The fourth-order valence-corrected chi connectivity index (χ4v) is 5.08. The maximum Gasteiger partial charge on any atom is 0.159 e. The lowest BCUT2D eigenvalue weighted by Gasteiger charge is -2.29. The number of allylic oxidation sites excluding steroid dienone is 2. The molecule has 0 radical (unpaired) electrons. The molecule has 0 aliphatic heterocycles. The van der Waals surface area contributed by atoms with Crippen molar-refractivity contribution in [1.29, 1.82) is 0 Å². The molecule has 2 saturated carbocycles. The van der Waals surface area contributed by atoms with E-state index in [1.165, 1.54) is 76.3 Å². The largest absolute Gasteiger partial charge is 0.204 e. The van der Waals surface area contributed by atoms with Gasteiger partial charge < -0.3 is 0 Å². The summed E-state index contributed by atoms with van der Waals surface area (Å²) in [7, 11) is 0. The molecular formula is C25H36F2. The topological polar surface area (TPSA) is 0 Å². The highest BCUT2D eigenvalue weighted by atomic mass is 19.2. The third-order valence-corrected chi connectivity index (χ3v) is 6.95. The highest BCUT2D eigenvalue weighted by Gasteiger charge is 2.23. The lowest BCUT2D eigenvalue weighted by Crippen LogP contribution is -2.15. The van der Waals surface area contributed by atoms with Crippen LogP contribution in [0.3, 0.4) is 0 Å². The molecule has 1 aromatic carbocycles. The van der Waals surface area contributed by atoms with Crippen molar-refractivity contribution >= 4 is 0 Å². The summed E-state index contributed by atoms with van der Waals surface area (Å²) < 4.78 is 26.6. The predicted molar refractivity (Wildman–Crippen MR) is 110 cm³/mol. The van der Waals surface area contributed by atoms with Crippen LogP contribution < -0.4 is 0 Å². The zero-order valence-electron chi connectivity index (χ0n) is 16.9. The van der Waals surface area contributed by atoms with Crippen LogP contribution in [0.4, 0.5) is 8.78 Å². The molecule has 2 aliphatic carbocycles. The summed E-state index contributed by atoms with van der Waals surface area (Å²) in [6, 6.07) is 4.43. The SMILES string of the molecule is CCCCCC1CCC(C=CC2CCC(c3ccc(F)c(F)c3)CC2)CC1. The molecule has 150 valence electrons. The molecule has 0 heterocycles. The second-order valence-corrected chi connectivity index (χ2v) is 8.95. The van der Waals surface area contributed by atoms with Crippen LogP contribution in [0, 0.1) is 29.4 Å². The third kappa shape index (κ3) is 6.16. The molecule has 0 nitrogen and oxygen atoms in total. The molecule has 0 unspecified atom stereocenters. The molecule has 0 aromatic heterocycles. The van der Waals surface area contributed by atoms with Gasteiger partial charge in [0.05, 0.1) is 0 Å². The van der Waals surface area contributed by atoms with E-state index in [1.807, 2.05) is 0 Å². The van der Waals surface area contributed by atoms with Crippen molar-refractivity contribution < 1.29 is 8.78 Å². The van der Waals surface area contributed by atoms with Crippen LogP contribution >= 0.6 is 0 Å². The molecule has 2 heteroatoms. The van der Waals surface area contributed by atoms with E-state index in [-0.39, 0.29) is 0 Å². The van der Waals surface area contributed by atoms with Crippen molar-refractivity contribution in [2.24, 2.45) is 17.8 Å². The van der Waals surface area contributed by atoms with Crippen LogP contribution in [0.25, 0.3) is 0 Å². The summed E-state index contributed by atoms with van der Waals surface area (Å²) in [5, 5.41) is 0. The first-order valence-electron chi connectivity index (χ1n) is 11.3. The second kappa shape index (κ2) is 10.4. The summed E-state index contributed by atoms with van der Waals surface area (Å²) >= 11 is 0. The fraction of sp³-hybridized carbons (Fsp3) is 0.680. The van der Waals surface area contributed by atoms with Crippen LogP contribution in [-0.4, -0.2) is 0 Å². The zero-order chi connectivity index (χ0) is 19.1. The Bertz CT molecular complexity index is 590. The molecule has 2 fully saturated rings. The van der Waals surface area contributed by atoms with Gasteiger partial charge in [0.15, 0.2) is 11.6 Å². The molecule has 1 aromatic rings. The average Bonchev–Trinajstić information content (AvgIpc) is 2.70.